The predicted octanol–water partition coefficient (Wildman–Crippen LogP) is 6.38. The normalized spacial score (nSPS) is 13.1. The van der Waals surface area contributed by atoms with Gasteiger partial charge in [0.25, 0.3) is 0 Å². The zero-order valence-corrected chi connectivity index (χ0v) is 19.6. The molecule has 0 spiro atoms. The van der Waals surface area contributed by atoms with Crippen molar-refractivity contribution < 1.29 is 19.4 Å². The number of unbranched alkanes of at least 4 members (excludes halogenated alkanes) is 1. The molecule has 6 nitrogen and oxygen atoms in total. The van der Waals surface area contributed by atoms with E-state index >= 15 is 0 Å². The summed E-state index contributed by atoms with van der Waals surface area (Å²) in [6, 6.07) is 18.6. The highest BCUT2D eigenvalue weighted by Gasteiger charge is 2.29. The molecule has 1 unspecified atom stereocenters. The number of alkyl carbamates (subject to hydrolysis) is 1. The first-order valence-electron chi connectivity index (χ1n) is 11.3. The van der Waals surface area contributed by atoms with E-state index in [1.165, 1.54) is 4.90 Å². The zero-order chi connectivity index (χ0) is 23.6. The lowest BCUT2D eigenvalue weighted by Crippen LogP contribution is -2.42. The number of ether oxygens (including phenoxy) is 1. The number of carbonyl (C=O) groups excluding carboxylic acids is 1. The lowest BCUT2D eigenvalue weighted by Gasteiger charge is -2.33. The third-order valence-corrected chi connectivity index (χ3v) is 5.14. The van der Waals surface area contributed by atoms with E-state index in [2.05, 4.69) is 12.2 Å². The number of amides is 2. The lowest BCUT2D eigenvalue weighted by molar-refractivity contribution is 0.0486. The molecule has 0 aliphatic carbocycles. The zero-order valence-electron chi connectivity index (χ0n) is 19.6. The second kappa shape index (κ2) is 12.1. The molecule has 0 saturated heterocycles. The lowest BCUT2D eigenvalue weighted by atomic mass is 9.94. The van der Waals surface area contributed by atoms with Gasteiger partial charge in [-0.15, -0.1) is 0 Å². The second-order valence-corrected chi connectivity index (χ2v) is 9.04. The number of carboxylic acid groups (broad SMARTS) is 1. The molecule has 0 heterocycles. The molecule has 0 saturated carbocycles. The summed E-state index contributed by atoms with van der Waals surface area (Å²) in [5.74, 6) is 0. The minimum Gasteiger partial charge on any atom is -0.465 e. The molecule has 0 aliphatic heterocycles. The Morgan fingerprint density at radius 2 is 1.62 bits per heavy atom. The highest BCUT2D eigenvalue weighted by atomic mass is 16.6. The Morgan fingerprint density at radius 3 is 2.16 bits per heavy atom. The highest BCUT2D eigenvalue weighted by molar-refractivity contribution is 5.68. The quantitative estimate of drug-likeness (QED) is 0.449. The van der Waals surface area contributed by atoms with E-state index in [0.717, 1.165) is 30.4 Å². The van der Waals surface area contributed by atoms with Crippen LogP contribution in [0.5, 0.6) is 0 Å². The molecule has 2 rings (SSSR count). The maximum Gasteiger partial charge on any atom is 0.408 e. The van der Waals surface area contributed by atoms with Crippen molar-refractivity contribution in [3.05, 3.63) is 71.8 Å². The Kier molecular flexibility index (Phi) is 9.57. The minimum absolute atomic E-state index is 0.215. The molecule has 2 atom stereocenters. The standard InChI is InChI=1S/C26H36N2O4/c1-5-6-17-22(27-24(29)32-26(2,3)4)18-23(21-15-11-8-12-16-21)28(25(30)31)19-20-13-9-7-10-14-20/h7-16,22-23H,5-6,17-19H2,1-4H3,(H,27,29)(H,30,31)/t22-,23?/m0/s1. The van der Waals surface area contributed by atoms with Gasteiger partial charge in [0.05, 0.1) is 6.04 Å². The Balaban J connectivity index is 2.31. The summed E-state index contributed by atoms with van der Waals surface area (Å²) in [4.78, 5) is 26.3. The molecule has 2 N–H and O–H groups in total. The van der Waals surface area contributed by atoms with Crippen LogP contribution in [0.15, 0.2) is 60.7 Å². The smallest absolute Gasteiger partial charge is 0.408 e. The number of nitrogens with one attached hydrogen (secondary N) is 1. The van der Waals surface area contributed by atoms with E-state index < -0.39 is 23.8 Å². The largest absolute Gasteiger partial charge is 0.465 e. The summed E-state index contributed by atoms with van der Waals surface area (Å²) < 4.78 is 5.46. The number of benzene rings is 2. The van der Waals surface area contributed by atoms with E-state index in [1.54, 1.807) is 0 Å². The van der Waals surface area contributed by atoms with Gasteiger partial charge in [-0.25, -0.2) is 9.59 Å². The van der Waals surface area contributed by atoms with Gasteiger partial charge in [-0.05, 0) is 44.7 Å². The first kappa shape index (κ1) is 25.2. The Labute approximate surface area is 191 Å². The van der Waals surface area contributed by atoms with Crippen LogP contribution < -0.4 is 5.32 Å². The van der Waals surface area contributed by atoms with Crippen LogP contribution in [0.2, 0.25) is 0 Å². The number of nitrogens with zero attached hydrogens (tertiary/aromatic N) is 1. The molecule has 2 aromatic carbocycles. The summed E-state index contributed by atoms with van der Waals surface area (Å²) in [5.41, 5.74) is 1.22. The Hall–Kier alpha value is -3.02. The SMILES string of the molecule is CCCC[C@@H](CC(c1ccccc1)N(Cc1ccccc1)C(=O)O)NC(=O)OC(C)(C)C. The van der Waals surface area contributed by atoms with Crippen LogP contribution >= 0.6 is 0 Å². The fourth-order valence-electron chi connectivity index (χ4n) is 3.65. The van der Waals surface area contributed by atoms with Crippen molar-refractivity contribution in [1.29, 1.82) is 0 Å². The van der Waals surface area contributed by atoms with Gasteiger partial charge in [0.2, 0.25) is 0 Å². The van der Waals surface area contributed by atoms with Crippen LogP contribution in [0.4, 0.5) is 9.59 Å². The number of hydrogen-bond acceptors (Lipinski definition) is 3. The Bertz CT molecular complexity index is 834. The third kappa shape index (κ3) is 8.61. The Morgan fingerprint density at radius 1 is 1.03 bits per heavy atom. The molecular weight excluding hydrogens is 404 g/mol. The van der Waals surface area contributed by atoms with E-state index in [9.17, 15) is 14.7 Å². The maximum absolute atomic E-state index is 12.5. The third-order valence-electron chi connectivity index (χ3n) is 5.14. The minimum atomic E-state index is -0.991. The van der Waals surface area contributed by atoms with E-state index in [1.807, 2.05) is 81.4 Å². The van der Waals surface area contributed by atoms with Crippen molar-refractivity contribution >= 4 is 12.2 Å². The second-order valence-electron chi connectivity index (χ2n) is 9.04. The van der Waals surface area contributed by atoms with Crippen molar-refractivity contribution in [2.75, 3.05) is 0 Å². The first-order valence-corrected chi connectivity index (χ1v) is 11.3. The van der Waals surface area contributed by atoms with Crippen LogP contribution in [-0.2, 0) is 11.3 Å². The van der Waals surface area contributed by atoms with Gasteiger partial charge in [0, 0.05) is 12.6 Å². The van der Waals surface area contributed by atoms with E-state index in [4.69, 9.17) is 4.74 Å². The molecule has 0 fully saturated rings. The van der Waals surface area contributed by atoms with Gasteiger partial charge < -0.3 is 15.2 Å². The van der Waals surface area contributed by atoms with Gasteiger partial charge in [-0.2, -0.15) is 0 Å². The predicted molar refractivity (Wildman–Crippen MR) is 126 cm³/mol. The molecule has 0 radical (unpaired) electrons. The molecule has 2 amide bonds. The average Bonchev–Trinajstić information content (AvgIpc) is 2.74. The van der Waals surface area contributed by atoms with Gasteiger partial charge >= 0.3 is 12.2 Å². The monoisotopic (exact) mass is 440 g/mol. The molecule has 174 valence electrons. The summed E-state index contributed by atoms with van der Waals surface area (Å²) in [7, 11) is 0. The fraction of sp³-hybridized carbons (Fsp3) is 0.462. The van der Waals surface area contributed by atoms with Crippen molar-refractivity contribution in [2.24, 2.45) is 0 Å². The van der Waals surface area contributed by atoms with Crippen LogP contribution in [0.25, 0.3) is 0 Å². The van der Waals surface area contributed by atoms with Crippen molar-refractivity contribution in [3.8, 4) is 0 Å². The van der Waals surface area contributed by atoms with Crippen molar-refractivity contribution in [1.82, 2.24) is 10.2 Å². The highest BCUT2D eigenvalue weighted by Crippen LogP contribution is 2.29. The molecule has 0 bridgehead atoms. The number of rotatable bonds is 10. The van der Waals surface area contributed by atoms with Gasteiger partial charge in [-0.3, -0.25) is 4.90 Å². The number of carbonyl (C=O) groups is 2. The molecule has 6 heteroatoms. The molecule has 0 aliphatic rings. The molecule has 2 aromatic rings. The van der Waals surface area contributed by atoms with Gasteiger partial charge in [0.1, 0.15) is 5.60 Å². The van der Waals surface area contributed by atoms with Crippen LogP contribution in [0.3, 0.4) is 0 Å². The van der Waals surface area contributed by atoms with Gasteiger partial charge in [0.15, 0.2) is 0 Å². The average molecular weight is 441 g/mol. The maximum atomic E-state index is 12.5. The molecule has 32 heavy (non-hydrogen) atoms. The first-order chi connectivity index (χ1) is 15.2. The molecule has 0 aromatic heterocycles. The van der Waals surface area contributed by atoms with E-state index in [-0.39, 0.29) is 12.6 Å². The topological polar surface area (TPSA) is 78.9 Å². The fourth-order valence-corrected chi connectivity index (χ4v) is 3.65. The molecular formula is C26H36N2O4. The van der Waals surface area contributed by atoms with Crippen molar-refractivity contribution in [2.45, 2.75) is 77.6 Å². The number of hydrogen-bond donors (Lipinski definition) is 2. The summed E-state index contributed by atoms with van der Waals surface area (Å²) in [6.07, 6.45) is 1.65. The van der Waals surface area contributed by atoms with Crippen LogP contribution in [0.1, 0.15) is 70.5 Å². The summed E-state index contributed by atoms with van der Waals surface area (Å²) in [5, 5.41) is 13.1. The van der Waals surface area contributed by atoms with Gasteiger partial charge in [-0.1, -0.05) is 80.4 Å². The van der Waals surface area contributed by atoms with Crippen LogP contribution in [-0.4, -0.2) is 33.8 Å². The summed E-state index contributed by atoms with van der Waals surface area (Å²) in [6.45, 7) is 7.84. The van der Waals surface area contributed by atoms with Crippen LogP contribution in [0, 0.1) is 0 Å². The summed E-state index contributed by atoms with van der Waals surface area (Å²) >= 11 is 0. The van der Waals surface area contributed by atoms with E-state index in [0.29, 0.717) is 6.42 Å². The van der Waals surface area contributed by atoms with Crippen molar-refractivity contribution in [3.63, 3.8) is 0 Å².